The number of pyridine rings is 3. The van der Waals surface area contributed by atoms with Crippen LogP contribution in [0.5, 0.6) is 5.88 Å². The number of hydrogen-bond donors (Lipinski definition) is 1. The zero-order valence-electron chi connectivity index (χ0n) is 21.5. The van der Waals surface area contributed by atoms with Crippen LogP contribution in [0.2, 0.25) is 5.02 Å². The minimum atomic E-state index is -0.619. The Balaban J connectivity index is 1.23. The Morgan fingerprint density at radius 1 is 1.24 bits per heavy atom. The molecule has 2 bridgehead atoms. The minimum Gasteiger partial charge on any atom is -0.475 e. The molecule has 6 heterocycles. The van der Waals surface area contributed by atoms with Crippen LogP contribution >= 0.6 is 11.6 Å². The molecule has 198 valence electrons. The summed E-state index contributed by atoms with van der Waals surface area (Å²) in [6.45, 7) is 7.98. The first-order valence-corrected chi connectivity index (χ1v) is 13.0. The Labute approximate surface area is 225 Å². The van der Waals surface area contributed by atoms with Gasteiger partial charge in [0.2, 0.25) is 5.88 Å². The van der Waals surface area contributed by atoms with Crippen LogP contribution in [-0.4, -0.2) is 65.2 Å². The van der Waals surface area contributed by atoms with Gasteiger partial charge in [-0.25, -0.2) is 14.8 Å². The van der Waals surface area contributed by atoms with Gasteiger partial charge in [-0.3, -0.25) is 9.88 Å². The molecule has 3 aliphatic rings. The Kier molecular flexibility index (Phi) is 6.33. The predicted molar refractivity (Wildman–Crippen MR) is 144 cm³/mol. The van der Waals surface area contributed by atoms with Gasteiger partial charge in [-0.05, 0) is 51.5 Å². The Morgan fingerprint density at radius 2 is 2.08 bits per heavy atom. The number of fused-ring (bicyclic) bond motifs is 4. The molecule has 0 saturated carbocycles. The Hall–Kier alpha value is -3.47. The summed E-state index contributed by atoms with van der Waals surface area (Å²) in [5.74, 6) is 0.366. The molecule has 2 unspecified atom stereocenters. The van der Waals surface area contributed by atoms with Crippen LogP contribution in [0.4, 0.5) is 22.0 Å². The summed E-state index contributed by atoms with van der Waals surface area (Å²) >= 11 is 6.68. The van der Waals surface area contributed by atoms with Crippen molar-refractivity contribution >= 4 is 34.8 Å². The zero-order chi connectivity index (χ0) is 26.4. The average Bonchev–Trinajstić information content (AvgIpc) is 3.46. The summed E-state index contributed by atoms with van der Waals surface area (Å²) < 4.78 is 17.2. The molecule has 0 spiro atoms. The summed E-state index contributed by atoms with van der Waals surface area (Å²) in [4.78, 5) is 31.1. The van der Waals surface area contributed by atoms with E-state index in [4.69, 9.17) is 30.8 Å². The lowest BCUT2D eigenvalue weighted by Crippen LogP contribution is -2.48. The van der Waals surface area contributed by atoms with Gasteiger partial charge < -0.3 is 24.4 Å². The van der Waals surface area contributed by atoms with Crippen LogP contribution in [0.25, 0.3) is 11.3 Å². The number of aromatic nitrogens is 3. The van der Waals surface area contributed by atoms with Crippen molar-refractivity contribution in [2.45, 2.75) is 45.1 Å². The summed E-state index contributed by atoms with van der Waals surface area (Å²) in [6.07, 6.45) is 3.99. The first-order chi connectivity index (χ1) is 18.3. The zero-order valence-corrected chi connectivity index (χ0v) is 22.2. The number of halogens is 1. The fraction of sp³-hybridized carbons (Fsp3) is 0.407. The van der Waals surface area contributed by atoms with E-state index in [-0.39, 0.29) is 18.2 Å². The van der Waals surface area contributed by atoms with Crippen molar-refractivity contribution in [3.8, 4) is 17.1 Å². The molecule has 11 heteroatoms. The lowest BCUT2D eigenvalue weighted by atomic mass is 10.1. The highest BCUT2D eigenvalue weighted by Crippen LogP contribution is 2.43. The molecular weight excluding hydrogens is 508 g/mol. The van der Waals surface area contributed by atoms with Crippen molar-refractivity contribution in [1.82, 2.24) is 15.0 Å². The Morgan fingerprint density at radius 3 is 2.87 bits per heavy atom. The van der Waals surface area contributed by atoms with E-state index in [0.717, 1.165) is 36.5 Å². The van der Waals surface area contributed by atoms with Gasteiger partial charge in [-0.2, -0.15) is 0 Å². The number of hydrogen-bond acceptors (Lipinski definition) is 8. The molecule has 38 heavy (non-hydrogen) atoms. The molecule has 2 saturated heterocycles. The van der Waals surface area contributed by atoms with E-state index < -0.39 is 5.79 Å². The van der Waals surface area contributed by atoms with E-state index in [0.29, 0.717) is 41.3 Å². The first kappa shape index (κ1) is 24.8. The van der Waals surface area contributed by atoms with E-state index in [1.54, 1.807) is 29.4 Å². The lowest BCUT2D eigenvalue weighted by Gasteiger charge is -2.36. The maximum atomic E-state index is 13.7. The number of anilines is 3. The minimum absolute atomic E-state index is 0.00336. The van der Waals surface area contributed by atoms with Crippen LogP contribution in [0.1, 0.15) is 26.0 Å². The van der Waals surface area contributed by atoms with E-state index >= 15 is 0 Å². The van der Waals surface area contributed by atoms with Gasteiger partial charge >= 0.3 is 6.03 Å². The third-order valence-electron chi connectivity index (χ3n) is 6.89. The number of carbonyl (C=O) groups is 1. The summed E-state index contributed by atoms with van der Waals surface area (Å²) in [6, 6.07) is 8.88. The second kappa shape index (κ2) is 9.68. The number of nitrogens with one attached hydrogen (secondary N) is 1. The third kappa shape index (κ3) is 4.87. The van der Waals surface area contributed by atoms with Crippen LogP contribution in [0.15, 0.2) is 42.7 Å². The lowest BCUT2D eigenvalue weighted by molar-refractivity contribution is -0.141. The Bertz CT molecular complexity index is 1390. The molecule has 3 aromatic heterocycles. The number of carbonyl (C=O) groups excluding carboxylic acids is 1. The highest BCUT2D eigenvalue weighted by Gasteiger charge is 2.41. The van der Waals surface area contributed by atoms with Crippen molar-refractivity contribution in [3.63, 3.8) is 0 Å². The van der Waals surface area contributed by atoms with Crippen LogP contribution in [-0.2, 0) is 9.47 Å². The SMILES string of the molecule is Cc1cc(-c2nc3c(cc2Cl)N2CCC(C2)N3C(=O)Nc2ccnc(OCC3COC(C)(C)O3)c2)ccn1. The third-order valence-corrected chi connectivity index (χ3v) is 7.18. The quantitative estimate of drug-likeness (QED) is 0.502. The number of rotatable bonds is 5. The monoisotopic (exact) mass is 536 g/mol. The van der Waals surface area contributed by atoms with Crippen molar-refractivity contribution in [1.29, 1.82) is 0 Å². The summed E-state index contributed by atoms with van der Waals surface area (Å²) in [7, 11) is 0. The van der Waals surface area contributed by atoms with E-state index in [1.807, 2.05) is 39.0 Å². The molecule has 3 aliphatic heterocycles. The largest absolute Gasteiger partial charge is 0.475 e. The fourth-order valence-electron chi connectivity index (χ4n) is 5.15. The van der Waals surface area contributed by atoms with E-state index in [9.17, 15) is 4.79 Å². The molecule has 10 nitrogen and oxygen atoms in total. The summed E-state index contributed by atoms with van der Waals surface area (Å²) in [5, 5.41) is 3.55. The number of nitrogens with zero attached hydrogens (tertiary/aromatic N) is 5. The van der Waals surface area contributed by atoms with Gasteiger partial charge in [0, 0.05) is 48.5 Å². The van der Waals surface area contributed by atoms with Crippen molar-refractivity contribution in [2.75, 3.05) is 41.4 Å². The van der Waals surface area contributed by atoms with Gasteiger partial charge in [-0.1, -0.05) is 11.6 Å². The molecule has 2 atom stereocenters. The normalized spacial score (nSPS) is 21.4. The topological polar surface area (TPSA) is 102 Å². The molecule has 2 amide bonds. The first-order valence-electron chi connectivity index (χ1n) is 12.6. The van der Waals surface area contributed by atoms with Crippen molar-refractivity contribution in [2.24, 2.45) is 0 Å². The second-order valence-electron chi connectivity index (χ2n) is 10.2. The maximum absolute atomic E-state index is 13.7. The molecule has 2 fully saturated rings. The van der Waals surface area contributed by atoms with Gasteiger partial charge in [0.15, 0.2) is 11.6 Å². The number of amides is 2. The molecule has 0 aromatic carbocycles. The highest BCUT2D eigenvalue weighted by molar-refractivity contribution is 6.33. The maximum Gasteiger partial charge on any atom is 0.327 e. The van der Waals surface area contributed by atoms with Crippen LogP contribution < -0.4 is 19.9 Å². The second-order valence-corrected chi connectivity index (χ2v) is 10.6. The van der Waals surface area contributed by atoms with E-state index in [2.05, 4.69) is 20.2 Å². The fourth-order valence-corrected chi connectivity index (χ4v) is 5.41. The number of ether oxygens (including phenoxy) is 3. The number of urea groups is 1. The van der Waals surface area contributed by atoms with Gasteiger partial charge in [0.1, 0.15) is 12.7 Å². The molecule has 1 N–H and O–H groups in total. The van der Waals surface area contributed by atoms with Gasteiger partial charge in [-0.15, -0.1) is 0 Å². The van der Waals surface area contributed by atoms with Gasteiger partial charge in [0.05, 0.1) is 29.1 Å². The molecular formula is C27H29ClN6O4. The summed E-state index contributed by atoms with van der Waals surface area (Å²) in [5.41, 5.74) is 3.77. The highest BCUT2D eigenvalue weighted by atomic mass is 35.5. The van der Waals surface area contributed by atoms with Crippen molar-refractivity contribution < 1.29 is 19.0 Å². The molecule has 3 aromatic rings. The standard InChI is InChI=1S/C27H29ClN6O4/c1-16-10-17(4-7-29-16)24-21(28)12-22-25(32-24)34(19-6-9-33(22)13-19)26(35)31-18-5-8-30-23(11-18)36-14-20-15-37-27(2,3)38-20/h4-5,7-8,10-12,19-20H,6,9,13-15H2,1-3H3,(H,30,31,35). The smallest absolute Gasteiger partial charge is 0.327 e. The van der Waals surface area contributed by atoms with Gasteiger partial charge in [0.25, 0.3) is 0 Å². The van der Waals surface area contributed by atoms with Crippen LogP contribution in [0.3, 0.4) is 0 Å². The molecule has 0 aliphatic carbocycles. The number of aryl methyl sites for hydroxylation is 1. The molecule has 6 rings (SSSR count). The average molecular weight is 537 g/mol. The predicted octanol–water partition coefficient (Wildman–Crippen LogP) is 4.66. The van der Waals surface area contributed by atoms with E-state index in [1.165, 1.54) is 0 Å². The molecule has 0 radical (unpaired) electrons. The van der Waals surface area contributed by atoms with Crippen molar-refractivity contribution in [3.05, 3.63) is 53.4 Å². The van der Waals surface area contributed by atoms with Crippen LogP contribution in [0, 0.1) is 6.92 Å².